The molecule has 3 rings (SSSR count). The van der Waals surface area contributed by atoms with Gasteiger partial charge in [0, 0.05) is 25.8 Å². The molecule has 1 aromatic rings. The maximum absolute atomic E-state index is 12.7. The molecule has 0 radical (unpaired) electrons. The van der Waals surface area contributed by atoms with Crippen LogP contribution in [0.15, 0.2) is 24.3 Å². The Kier molecular flexibility index (Phi) is 4.39. The van der Waals surface area contributed by atoms with E-state index < -0.39 is 5.97 Å². The average molecular weight is 317 g/mol. The van der Waals surface area contributed by atoms with Crippen LogP contribution in [0.5, 0.6) is 0 Å². The maximum Gasteiger partial charge on any atom is 0.335 e. The molecular weight excluding hydrogens is 294 g/mol. The minimum Gasteiger partial charge on any atom is -0.478 e. The summed E-state index contributed by atoms with van der Waals surface area (Å²) in [6.45, 7) is 4.43. The molecule has 1 amide bonds. The lowest BCUT2D eigenvalue weighted by atomic mass is 9.74. The number of ether oxygens (including phenoxy) is 1. The average Bonchev–Trinajstić information content (AvgIpc) is 2.85. The van der Waals surface area contributed by atoms with Crippen molar-refractivity contribution < 1.29 is 19.4 Å². The standard InChI is InChI=1S/C18H23NO4/c1-13-18(7-10-23-11-8-18)6-9-19(13)16(20)12-14-4-2-3-5-15(14)17(21)22/h2-5,13H,6-12H2,1H3,(H,21,22). The smallest absolute Gasteiger partial charge is 0.335 e. The molecule has 2 saturated heterocycles. The number of carboxylic acid groups (broad SMARTS) is 1. The highest BCUT2D eigenvalue weighted by Gasteiger charge is 2.46. The van der Waals surface area contributed by atoms with Crippen molar-refractivity contribution in [3.8, 4) is 0 Å². The molecule has 0 aliphatic carbocycles. The van der Waals surface area contributed by atoms with Crippen LogP contribution in [0.1, 0.15) is 42.1 Å². The summed E-state index contributed by atoms with van der Waals surface area (Å²) in [6, 6.07) is 6.94. The zero-order chi connectivity index (χ0) is 16.4. The van der Waals surface area contributed by atoms with Crippen molar-refractivity contribution in [2.24, 2.45) is 5.41 Å². The number of nitrogens with zero attached hydrogens (tertiary/aromatic N) is 1. The number of likely N-dealkylation sites (tertiary alicyclic amines) is 1. The van der Waals surface area contributed by atoms with Crippen LogP contribution in [0.2, 0.25) is 0 Å². The van der Waals surface area contributed by atoms with Crippen LogP contribution in [0.3, 0.4) is 0 Å². The highest BCUT2D eigenvalue weighted by molar-refractivity contribution is 5.91. The van der Waals surface area contributed by atoms with Crippen LogP contribution in [0.4, 0.5) is 0 Å². The van der Waals surface area contributed by atoms with Gasteiger partial charge >= 0.3 is 5.97 Å². The van der Waals surface area contributed by atoms with E-state index in [-0.39, 0.29) is 29.3 Å². The highest BCUT2D eigenvalue weighted by Crippen LogP contribution is 2.44. The van der Waals surface area contributed by atoms with Crippen molar-refractivity contribution in [2.75, 3.05) is 19.8 Å². The van der Waals surface area contributed by atoms with E-state index in [2.05, 4.69) is 6.92 Å². The molecule has 2 aliphatic heterocycles. The van der Waals surface area contributed by atoms with Gasteiger partial charge in [0.1, 0.15) is 0 Å². The number of carbonyl (C=O) groups is 2. The van der Waals surface area contributed by atoms with Crippen LogP contribution in [-0.2, 0) is 16.0 Å². The van der Waals surface area contributed by atoms with Gasteiger partial charge in [0.15, 0.2) is 0 Å². The van der Waals surface area contributed by atoms with Gasteiger partial charge in [-0.15, -0.1) is 0 Å². The van der Waals surface area contributed by atoms with E-state index in [4.69, 9.17) is 4.74 Å². The van der Waals surface area contributed by atoms with Gasteiger partial charge in [0.05, 0.1) is 12.0 Å². The van der Waals surface area contributed by atoms with Crippen molar-refractivity contribution in [3.63, 3.8) is 0 Å². The molecule has 2 aliphatic rings. The normalized spacial score (nSPS) is 23.2. The first-order chi connectivity index (χ1) is 11.0. The zero-order valence-electron chi connectivity index (χ0n) is 13.5. The second kappa shape index (κ2) is 6.32. The number of hydrogen-bond donors (Lipinski definition) is 1. The molecule has 1 spiro atoms. The van der Waals surface area contributed by atoms with Crippen LogP contribution in [0, 0.1) is 5.41 Å². The molecule has 0 bridgehead atoms. The number of benzene rings is 1. The predicted octanol–water partition coefficient (Wildman–Crippen LogP) is 2.34. The Morgan fingerprint density at radius 3 is 2.65 bits per heavy atom. The number of hydrogen-bond acceptors (Lipinski definition) is 3. The number of amides is 1. The lowest BCUT2D eigenvalue weighted by Crippen LogP contribution is -2.43. The van der Waals surface area contributed by atoms with E-state index in [0.717, 1.165) is 39.0 Å². The van der Waals surface area contributed by atoms with E-state index >= 15 is 0 Å². The summed E-state index contributed by atoms with van der Waals surface area (Å²) in [4.78, 5) is 26.0. The molecule has 1 atom stereocenters. The monoisotopic (exact) mass is 317 g/mol. The molecular formula is C18H23NO4. The quantitative estimate of drug-likeness (QED) is 0.929. The Morgan fingerprint density at radius 2 is 1.96 bits per heavy atom. The molecule has 124 valence electrons. The summed E-state index contributed by atoms with van der Waals surface area (Å²) >= 11 is 0. The molecule has 1 unspecified atom stereocenters. The predicted molar refractivity (Wildman–Crippen MR) is 85.4 cm³/mol. The van der Waals surface area contributed by atoms with E-state index in [0.29, 0.717) is 5.56 Å². The summed E-state index contributed by atoms with van der Waals surface area (Å²) in [5, 5.41) is 9.26. The minimum atomic E-state index is -0.983. The van der Waals surface area contributed by atoms with Gasteiger partial charge in [-0.1, -0.05) is 18.2 Å². The van der Waals surface area contributed by atoms with Crippen molar-refractivity contribution in [2.45, 2.75) is 38.6 Å². The molecule has 2 fully saturated rings. The third-order valence-corrected chi connectivity index (χ3v) is 5.60. The van der Waals surface area contributed by atoms with Crippen molar-refractivity contribution in [1.82, 2.24) is 4.90 Å². The number of carbonyl (C=O) groups excluding carboxylic acids is 1. The van der Waals surface area contributed by atoms with E-state index in [1.807, 2.05) is 4.90 Å². The van der Waals surface area contributed by atoms with E-state index in [1.165, 1.54) is 0 Å². The van der Waals surface area contributed by atoms with Crippen LogP contribution in [0.25, 0.3) is 0 Å². The van der Waals surface area contributed by atoms with Gasteiger partial charge < -0.3 is 14.7 Å². The summed E-state index contributed by atoms with van der Waals surface area (Å²) in [7, 11) is 0. The van der Waals surface area contributed by atoms with Crippen LogP contribution in [-0.4, -0.2) is 47.7 Å². The molecule has 23 heavy (non-hydrogen) atoms. The van der Waals surface area contributed by atoms with Gasteiger partial charge in [0.25, 0.3) is 0 Å². The first-order valence-electron chi connectivity index (χ1n) is 8.22. The van der Waals surface area contributed by atoms with Crippen molar-refractivity contribution in [1.29, 1.82) is 0 Å². The SMILES string of the molecule is CC1N(C(=O)Cc2ccccc2C(=O)O)CCC12CCOCC2. The fourth-order valence-electron chi connectivity index (χ4n) is 4.01. The Labute approximate surface area is 136 Å². The lowest BCUT2D eigenvalue weighted by molar-refractivity contribution is -0.132. The third kappa shape index (κ3) is 2.98. The molecule has 5 heteroatoms. The molecule has 1 aromatic carbocycles. The van der Waals surface area contributed by atoms with E-state index in [1.54, 1.807) is 24.3 Å². The van der Waals surface area contributed by atoms with Gasteiger partial charge in [0.2, 0.25) is 5.91 Å². The minimum absolute atomic E-state index is 0.0227. The van der Waals surface area contributed by atoms with Gasteiger partial charge in [-0.3, -0.25) is 4.79 Å². The topological polar surface area (TPSA) is 66.8 Å². The summed E-state index contributed by atoms with van der Waals surface area (Å²) < 4.78 is 5.47. The fourth-order valence-corrected chi connectivity index (χ4v) is 4.01. The highest BCUT2D eigenvalue weighted by atomic mass is 16.5. The van der Waals surface area contributed by atoms with Crippen LogP contribution >= 0.6 is 0 Å². The first kappa shape index (κ1) is 16.0. The zero-order valence-corrected chi connectivity index (χ0v) is 13.5. The van der Waals surface area contributed by atoms with Crippen LogP contribution < -0.4 is 0 Å². The molecule has 0 aromatic heterocycles. The molecule has 1 N–H and O–H groups in total. The summed E-state index contributed by atoms with van der Waals surface area (Å²) in [5.41, 5.74) is 0.985. The first-order valence-corrected chi connectivity index (χ1v) is 8.22. The van der Waals surface area contributed by atoms with E-state index in [9.17, 15) is 14.7 Å². The largest absolute Gasteiger partial charge is 0.478 e. The summed E-state index contributed by atoms with van der Waals surface area (Å²) in [5.74, 6) is -0.960. The Balaban J connectivity index is 1.73. The lowest BCUT2D eigenvalue weighted by Gasteiger charge is -2.38. The van der Waals surface area contributed by atoms with Gasteiger partial charge in [-0.05, 0) is 43.2 Å². The number of aromatic carboxylic acids is 1. The van der Waals surface area contributed by atoms with Gasteiger partial charge in [-0.2, -0.15) is 0 Å². The maximum atomic E-state index is 12.7. The molecule has 0 saturated carbocycles. The second-order valence-electron chi connectivity index (χ2n) is 6.63. The van der Waals surface area contributed by atoms with Gasteiger partial charge in [-0.25, -0.2) is 4.79 Å². The molecule has 5 nitrogen and oxygen atoms in total. The Morgan fingerprint density at radius 1 is 1.26 bits per heavy atom. The molecule has 2 heterocycles. The number of carboxylic acids is 1. The second-order valence-corrected chi connectivity index (χ2v) is 6.63. The fraction of sp³-hybridized carbons (Fsp3) is 0.556. The van der Waals surface area contributed by atoms with Crippen molar-refractivity contribution >= 4 is 11.9 Å². The Bertz CT molecular complexity index is 607. The third-order valence-electron chi connectivity index (χ3n) is 5.60. The Hall–Kier alpha value is -1.88. The number of rotatable bonds is 3. The summed E-state index contributed by atoms with van der Waals surface area (Å²) in [6.07, 6.45) is 3.18. The van der Waals surface area contributed by atoms with Crippen molar-refractivity contribution in [3.05, 3.63) is 35.4 Å².